The molecule has 0 unspecified atom stereocenters. The van der Waals surface area contributed by atoms with Crippen LogP contribution in [0.3, 0.4) is 0 Å². The Kier molecular flexibility index (Phi) is 39.9. The van der Waals surface area contributed by atoms with E-state index in [1.165, 1.54) is 42.9 Å². The molecule has 3 heterocycles. The monoisotopic (exact) mass is 1440 g/mol. The summed E-state index contributed by atoms with van der Waals surface area (Å²) in [4.78, 5) is 81.4. The molecule has 0 radical (unpaired) electrons. The van der Waals surface area contributed by atoms with E-state index in [4.69, 9.17) is 101 Å². The first-order valence-corrected chi connectivity index (χ1v) is 34.6. The van der Waals surface area contributed by atoms with Crippen molar-refractivity contribution in [2.45, 2.75) is 90.4 Å². The van der Waals surface area contributed by atoms with E-state index in [9.17, 15) is 43.8 Å². The van der Waals surface area contributed by atoms with Crippen LogP contribution in [0.1, 0.15) is 116 Å². The molecular weight excluding hydrogens is 1380 g/mol. The zero-order valence-electron chi connectivity index (χ0n) is 49.7. The van der Waals surface area contributed by atoms with Crippen molar-refractivity contribution in [3.8, 4) is 5.75 Å². The van der Waals surface area contributed by atoms with E-state index >= 15 is 0 Å². The van der Waals surface area contributed by atoms with Crippen LogP contribution < -0.4 is 34.9 Å². The van der Waals surface area contributed by atoms with Gasteiger partial charge in [-0.2, -0.15) is 18.6 Å². The molecule has 11 rings (SSSR count). The summed E-state index contributed by atoms with van der Waals surface area (Å²) in [5.74, 6) is -2.89. The van der Waals surface area contributed by atoms with Crippen LogP contribution in [0.25, 0.3) is 10.9 Å². The maximum Gasteiger partial charge on any atom is 1.00 e. The number of ether oxygens (including phenoxy) is 2. The summed E-state index contributed by atoms with van der Waals surface area (Å²) in [6.45, 7) is 6.79. The number of nitrogens with zero attached hydrogens (tertiary/aromatic N) is 1. The number of alkyl halides is 2. The molecule has 470 valence electrons. The van der Waals surface area contributed by atoms with Crippen molar-refractivity contribution < 1.29 is 106 Å². The number of aromatic carboxylic acids is 1. The average molecular weight is 1450 g/mol. The van der Waals surface area contributed by atoms with Crippen LogP contribution in [0.2, 0.25) is 20.1 Å². The zero-order chi connectivity index (χ0) is 64.7. The number of halogens is 8. The van der Waals surface area contributed by atoms with Gasteiger partial charge in [0.15, 0.2) is 17.3 Å². The number of ketones is 3. The van der Waals surface area contributed by atoms with Crippen LogP contribution in [-0.4, -0.2) is 92.7 Å². The number of fused-ring (bicyclic) bond motifs is 6. The van der Waals surface area contributed by atoms with Gasteiger partial charge >= 0.3 is 68.5 Å². The Bertz CT molecular complexity index is 3510. The van der Waals surface area contributed by atoms with E-state index in [2.05, 4.69) is 17.0 Å². The molecule has 1 amide bonds. The molecule has 4 N–H and O–H groups in total. The normalized spacial score (nSPS) is 12.6. The Balaban J connectivity index is 0.000000379. The van der Waals surface area contributed by atoms with Crippen LogP contribution in [0, 0.1) is 6.92 Å². The summed E-state index contributed by atoms with van der Waals surface area (Å²) in [5, 5.41) is 25.6. The number of aromatic hydroxyl groups is 1. The third-order valence-electron chi connectivity index (χ3n) is 13.2. The molecule has 2 aliphatic carbocycles. The van der Waals surface area contributed by atoms with Crippen molar-refractivity contribution in [2.24, 2.45) is 0 Å². The van der Waals surface area contributed by atoms with Crippen molar-refractivity contribution in [2.75, 3.05) is 36.9 Å². The fraction of sp³-hybridized carbons (Fsp3) is 0.288. The second-order valence-corrected chi connectivity index (χ2v) is 22.6. The molecule has 2 aliphatic heterocycles. The zero-order valence-corrected chi connectivity index (χ0v) is 60.7. The number of Topliss-reactive ketones (excluding diaryl/α,β-unsaturated/α-hetero) is 3. The molecule has 4 aliphatic rings. The third kappa shape index (κ3) is 28.3. The van der Waals surface area contributed by atoms with E-state index in [1.807, 2.05) is 60.7 Å². The topological polar surface area (TPSA) is 233 Å². The molecular formula is C66H65Cl8N2NaO12Zn. The number of carbonyl (C=O) groups excluding carboxylic acids is 6. The van der Waals surface area contributed by atoms with Gasteiger partial charge in [0.25, 0.3) is 11.7 Å². The van der Waals surface area contributed by atoms with Crippen LogP contribution in [0.4, 0.5) is 5.69 Å². The minimum absolute atomic E-state index is 0. The predicted molar refractivity (Wildman–Crippen MR) is 350 cm³/mol. The Morgan fingerprint density at radius 3 is 1.60 bits per heavy atom. The van der Waals surface area contributed by atoms with Gasteiger partial charge in [-0.1, -0.05) is 107 Å². The Morgan fingerprint density at radius 1 is 0.656 bits per heavy atom. The van der Waals surface area contributed by atoms with Gasteiger partial charge in [0.2, 0.25) is 5.24 Å². The number of aromatic nitrogens is 1. The number of carboxylic acids is 1. The standard InChI is InChI=1S/C21H18ClNO3.C12H11NO2.C11H11ClO3.C9H8Cl2O.C7H6Cl.C4H8O.C2H2Cl2O.ClH.Na.H2O.Zn/c22-14-6-3-4-12(10-14)11-17-20(24)18(21(25)26)16-9-8-13-5-1-2-7-15(13)19(16)23-17;14-11-9-6-5-7-3-1-2-4-8(7)10(9)13-12(11)15;1-8(13)15-7-11(14)6-9-3-2-4-10(12)5-9;10-6-9(12)5-7-2-1-3-8(11)4-7;1-6-3-2-4-7(8)5-6;1-2-4-5-3-1;3-1-2(4)5;;;;/h3-4,6,8-10,24H,1-2,5,7,11H2,(H,25,26);5-6H,1-4H2,(H,13,14,15);2-5H,6-7H2,1H3;1-4H,5-6H2;2-5H,1H2;1-4H2;1H2;1H;;1H2;/q;;;;-1;;;;+1;;+2/p-2. The molecule has 0 spiro atoms. The van der Waals surface area contributed by atoms with E-state index in [-0.39, 0.29) is 82.7 Å². The van der Waals surface area contributed by atoms with Crippen molar-refractivity contribution >= 4 is 148 Å². The minimum Gasteiger partial charge on any atom is -0.870 e. The molecule has 1 saturated heterocycles. The molecule has 24 heteroatoms. The largest absolute Gasteiger partial charge is 1.00 e. The molecule has 7 aromatic rings. The number of carbonyl (C=O) groups is 7. The molecule has 6 aromatic carbocycles. The Hall–Kier alpha value is -4.65. The van der Waals surface area contributed by atoms with Gasteiger partial charge in [-0.05, 0) is 162 Å². The fourth-order valence-electron chi connectivity index (χ4n) is 9.31. The number of rotatable bonds is 11. The first kappa shape index (κ1) is 81.4. The van der Waals surface area contributed by atoms with Gasteiger partial charge in [0, 0.05) is 59.9 Å². The van der Waals surface area contributed by atoms with Gasteiger partial charge in [-0.15, -0.1) is 35.3 Å². The number of esters is 1. The fourth-order valence-corrected chi connectivity index (χ4v) is 10.3. The van der Waals surface area contributed by atoms with Gasteiger partial charge in [0.1, 0.15) is 12.2 Å². The molecule has 14 nitrogen and oxygen atoms in total. The van der Waals surface area contributed by atoms with Crippen LogP contribution in [-0.2, 0) is 95.7 Å². The number of carboxylic acid groups (broad SMARTS) is 1. The molecule has 90 heavy (non-hydrogen) atoms. The summed E-state index contributed by atoms with van der Waals surface area (Å²) in [5.41, 5.74) is 10.7. The predicted octanol–water partition coefficient (Wildman–Crippen LogP) is 13.0. The summed E-state index contributed by atoms with van der Waals surface area (Å²) in [6.07, 6.45) is 11.9. The first-order valence-electron chi connectivity index (χ1n) is 27.7. The molecule has 0 atom stereocenters. The van der Waals surface area contributed by atoms with E-state index in [1.54, 1.807) is 60.7 Å². The van der Waals surface area contributed by atoms with E-state index in [0.717, 1.165) is 114 Å². The van der Waals surface area contributed by atoms with Crippen LogP contribution >= 0.6 is 90.9 Å². The molecule has 0 bridgehead atoms. The maximum absolute atomic E-state index is 11.9. The minimum atomic E-state index is -1.14. The number of amides is 1. The second kappa shape index (κ2) is 44.0. The third-order valence-corrected chi connectivity index (χ3v) is 15.0. The summed E-state index contributed by atoms with van der Waals surface area (Å²) in [6, 6.07) is 36.5. The quantitative estimate of drug-likeness (QED) is 0.0273. The maximum atomic E-state index is 11.9. The molecule has 0 saturated carbocycles. The SMILES string of the molecule is C1CCOC1.CC(=O)OCC(=O)Cc1cccc(Cl)c1.O=C(CCl)Cc1cccc(Cl)c1.O=C(Cl)CCl.O=C(O)c1c(O)c(Cc2cccc(Cl)c2)nc2c3c(ccc12)CCCC3.O=C1Nc2c(ccc3c2CCCC3)C1=O.[CH2-]c1cccc(Cl)c1.[Cl][Zn+].[Na+].[OH-]. The van der Waals surface area contributed by atoms with E-state index < -0.39 is 28.9 Å². The van der Waals surface area contributed by atoms with Gasteiger partial charge in [-0.25, -0.2) is 9.78 Å². The van der Waals surface area contributed by atoms with Crippen LogP contribution in [0.15, 0.2) is 121 Å². The van der Waals surface area contributed by atoms with Crippen LogP contribution in [0.5, 0.6) is 5.75 Å². The summed E-state index contributed by atoms with van der Waals surface area (Å²) < 4.78 is 9.53. The number of anilines is 1. The van der Waals surface area contributed by atoms with Crippen molar-refractivity contribution in [3.05, 3.63) is 210 Å². The van der Waals surface area contributed by atoms with Crippen molar-refractivity contribution in [1.29, 1.82) is 0 Å². The molecule has 1 aromatic heterocycles. The number of benzene rings is 6. The van der Waals surface area contributed by atoms with Crippen molar-refractivity contribution in [1.82, 2.24) is 4.98 Å². The number of aryl methyl sites for hydroxylation is 3. The number of hydrogen-bond donors (Lipinski definition) is 3. The Labute approximate surface area is 595 Å². The smallest absolute Gasteiger partial charge is 0.870 e. The van der Waals surface area contributed by atoms with Crippen molar-refractivity contribution in [3.63, 3.8) is 0 Å². The summed E-state index contributed by atoms with van der Waals surface area (Å²) in [7, 11) is 4.76. The first-order chi connectivity index (χ1) is 42.2. The van der Waals surface area contributed by atoms with Gasteiger partial charge in [-0.3, -0.25) is 28.8 Å². The molecule has 1 fully saturated rings. The van der Waals surface area contributed by atoms with Gasteiger partial charge < -0.3 is 30.5 Å². The number of pyridine rings is 1. The summed E-state index contributed by atoms with van der Waals surface area (Å²) >= 11 is 38.9. The number of nitrogens with one attached hydrogen (secondary N) is 1. The van der Waals surface area contributed by atoms with Gasteiger partial charge in [0.05, 0.1) is 34.2 Å². The average Bonchev–Trinajstić information content (AvgIpc) is 1.28. The second-order valence-electron chi connectivity index (χ2n) is 19.9. The van der Waals surface area contributed by atoms with E-state index in [0.29, 0.717) is 50.1 Å². The Morgan fingerprint density at radius 2 is 1.13 bits per heavy atom. The number of hydrogen-bond acceptors (Lipinski definition) is 12.